The van der Waals surface area contributed by atoms with Crippen molar-refractivity contribution in [3.05, 3.63) is 125 Å². The van der Waals surface area contributed by atoms with E-state index < -0.39 is 5.97 Å². The van der Waals surface area contributed by atoms with Crippen LogP contribution in [-0.2, 0) is 25.7 Å². The van der Waals surface area contributed by atoms with E-state index in [1.165, 1.54) is 0 Å². The molecular weight excluding hydrogens is 440 g/mol. The molecule has 4 aromatic carbocycles. The highest BCUT2D eigenvalue weighted by molar-refractivity contribution is 5.87. The first-order valence-electron chi connectivity index (χ1n) is 11.5. The van der Waals surface area contributed by atoms with Gasteiger partial charge < -0.3 is 20.4 Å². The molecule has 0 heterocycles. The third kappa shape index (κ3) is 6.42. The first-order chi connectivity index (χ1) is 16.8. The molecule has 4 aromatic rings. The van der Waals surface area contributed by atoms with E-state index in [1.54, 1.807) is 48.5 Å². The van der Waals surface area contributed by atoms with Gasteiger partial charge in [-0.2, -0.15) is 0 Å². The second-order valence-corrected chi connectivity index (χ2v) is 9.21. The fourth-order valence-electron chi connectivity index (χ4n) is 4.71. The molecule has 0 atom stereocenters. The van der Waals surface area contributed by atoms with Gasteiger partial charge in [-0.25, -0.2) is 4.79 Å². The Labute approximate surface area is 204 Å². The minimum atomic E-state index is -0.958. The fraction of sp³-hybridized carbons (Fsp3) is 0.167. The summed E-state index contributed by atoms with van der Waals surface area (Å²) in [4.78, 5) is 11.3. The predicted molar refractivity (Wildman–Crippen MR) is 135 cm³/mol. The van der Waals surface area contributed by atoms with Gasteiger partial charge in [0.2, 0.25) is 0 Å². The number of aromatic hydroxyl groups is 3. The van der Waals surface area contributed by atoms with E-state index in [0.29, 0.717) is 25.7 Å². The molecule has 0 saturated heterocycles. The molecule has 5 nitrogen and oxygen atoms in total. The van der Waals surface area contributed by atoms with Gasteiger partial charge in [0.1, 0.15) is 17.2 Å². The van der Waals surface area contributed by atoms with Gasteiger partial charge in [0, 0.05) is 0 Å². The maximum absolute atomic E-state index is 11.3. The summed E-state index contributed by atoms with van der Waals surface area (Å²) < 4.78 is 0. The predicted octanol–water partition coefficient (Wildman–Crippen LogP) is 5.76. The first-order valence-corrected chi connectivity index (χ1v) is 11.5. The topological polar surface area (TPSA) is 98.0 Å². The number of hydrogen-bond acceptors (Lipinski definition) is 4. The Kier molecular flexibility index (Phi) is 7.06. The molecule has 0 spiro atoms. The molecule has 0 bridgehead atoms. The number of carbonyl (C=O) groups is 1. The van der Waals surface area contributed by atoms with Crippen molar-refractivity contribution in [2.24, 2.45) is 5.41 Å². The van der Waals surface area contributed by atoms with Crippen LogP contribution >= 0.6 is 0 Å². The van der Waals surface area contributed by atoms with Crippen LogP contribution in [-0.4, -0.2) is 26.4 Å². The number of aromatic carboxylic acids is 1. The Hall–Kier alpha value is -4.25. The van der Waals surface area contributed by atoms with Gasteiger partial charge in [-0.15, -0.1) is 0 Å². The molecule has 0 aliphatic rings. The Bertz CT molecular complexity index is 1140. The maximum Gasteiger partial charge on any atom is 0.335 e. The van der Waals surface area contributed by atoms with E-state index in [1.807, 2.05) is 48.5 Å². The van der Waals surface area contributed by atoms with E-state index in [0.717, 1.165) is 22.3 Å². The third-order valence-electron chi connectivity index (χ3n) is 6.33. The van der Waals surface area contributed by atoms with Crippen molar-refractivity contribution in [1.29, 1.82) is 0 Å². The van der Waals surface area contributed by atoms with E-state index in [9.17, 15) is 25.2 Å². The highest BCUT2D eigenvalue weighted by Gasteiger charge is 2.32. The molecule has 5 heteroatoms. The number of phenolic OH excluding ortho intramolecular Hbond substituents is 3. The molecule has 35 heavy (non-hydrogen) atoms. The van der Waals surface area contributed by atoms with Crippen molar-refractivity contribution in [3.63, 3.8) is 0 Å². The zero-order chi connectivity index (χ0) is 24.8. The molecule has 0 saturated carbocycles. The summed E-state index contributed by atoms with van der Waals surface area (Å²) in [5, 5.41) is 38.7. The normalized spacial score (nSPS) is 11.3. The van der Waals surface area contributed by atoms with E-state index >= 15 is 0 Å². The van der Waals surface area contributed by atoms with Gasteiger partial charge in [-0.1, -0.05) is 48.5 Å². The molecule has 0 unspecified atom stereocenters. The summed E-state index contributed by atoms with van der Waals surface area (Å²) in [6, 6.07) is 28.6. The number of benzene rings is 4. The number of hydrogen-bond donors (Lipinski definition) is 4. The van der Waals surface area contributed by atoms with Crippen LogP contribution in [0.15, 0.2) is 97.1 Å². The summed E-state index contributed by atoms with van der Waals surface area (Å²) in [5.41, 5.74) is 4.17. The van der Waals surface area contributed by atoms with Crippen molar-refractivity contribution >= 4 is 5.97 Å². The van der Waals surface area contributed by atoms with E-state index in [-0.39, 0.29) is 28.2 Å². The van der Waals surface area contributed by atoms with Crippen molar-refractivity contribution < 1.29 is 25.2 Å². The Morgan fingerprint density at radius 2 is 0.743 bits per heavy atom. The van der Waals surface area contributed by atoms with Crippen LogP contribution in [0.1, 0.15) is 32.6 Å². The third-order valence-corrected chi connectivity index (χ3v) is 6.33. The lowest BCUT2D eigenvalue weighted by Crippen LogP contribution is -2.32. The zero-order valence-corrected chi connectivity index (χ0v) is 19.3. The van der Waals surface area contributed by atoms with Crippen LogP contribution in [0, 0.1) is 5.41 Å². The Morgan fingerprint density at radius 1 is 0.486 bits per heavy atom. The highest BCUT2D eigenvalue weighted by atomic mass is 16.4. The Morgan fingerprint density at radius 3 is 1.00 bits per heavy atom. The minimum Gasteiger partial charge on any atom is -0.508 e. The molecule has 0 aromatic heterocycles. The number of phenols is 3. The molecule has 4 N–H and O–H groups in total. The van der Waals surface area contributed by atoms with Gasteiger partial charge >= 0.3 is 5.97 Å². The lowest BCUT2D eigenvalue weighted by molar-refractivity contribution is 0.0697. The average molecular weight is 469 g/mol. The van der Waals surface area contributed by atoms with Gasteiger partial charge in [0.05, 0.1) is 5.56 Å². The molecule has 0 fully saturated rings. The number of carboxylic acids is 1. The fourth-order valence-corrected chi connectivity index (χ4v) is 4.71. The lowest BCUT2D eigenvalue weighted by atomic mass is 9.68. The minimum absolute atomic E-state index is 0.209. The molecular formula is C30H28O5. The second-order valence-electron chi connectivity index (χ2n) is 9.21. The first kappa shape index (κ1) is 23.9. The highest BCUT2D eigenvalue weighted by Crippen LogP contribution is 2.37. The van der Waals surface area contributed by atoms with E-state index in [4.69, 9.17) is 0 Å². The summed E-state index contributed by atoms with van der Waals surface area (Å²) >= 11 is 0. The smallest absolute Gasteiger partial charge is 0.335 e. The summed E-state index contributed by atoms with van der Waals surface area (Å²) in [6.45, 7) is 0. The quantitative estimate of drug-likeness (QED) is 0.250. The van der Waals surface area contributed by atoms with Gasteiger partial charge in [-0.05, 0) is 102 Å². The van der Waals surface area contributed by atoms with Gasteiger partial charge in [0.25, 0.3) is 0 Å². The van der Waals surface area contributed by atoms with Crippen molar-refractivity contribution in [1.82, 2.24) is 0 Å². The molecule has 0 aliphatic carbocycles. The van der Waals surface area contributed by atoms with Crippen LogP contribution in [0.25, 0.3) is 0 Å². The van der Waals surface area contributed by atoms with Gasteiger partial charge in [-0.3, -0.25) is 0 Å². The zero-order valence-electron chi connectivity index (χ0n) is 19.3. The van der Waals surface area contributed by atoms with Crippen LogP contribution < -0.4 is 0 Å². The largest absolute Gasteiger partial charge is 0.508 e. The molecule has 0 aliphatic heterocycles. The standard InChI is InChI=1S/C30H28O5/c31-26-11-3-22(4-12-26)18-30(19-23-5-13-27(32)14-6-23,20-24-7-15-28(33)16-8-24)17-21-1-9-25(10-2-21)29(34)35/h1-16,31-33H,17-20H2,(H,34,35). The molecule has 178 valence electrons. The maximum atomic E-state index is 11.3. The van der Waals surface area contributed by atoms with Crippen LogP contribution in [0.2, 0.25) is 0 Å². The SMILES string of the molecule is O=C(O)c1ccc(CC(Cc2ccc(O)cc2)(Cc2ccc(O)cc2)Cc2ccc(O)cc2)cc1. The van der Waals surface area contributed by atoms with Crippen LogP contribution in [0.3, 0.4) is 0 Å². The molecule has 4 rings (SSSR count). The number of rotatable bonds is 9. The average Bonchev–Trinajstić information content (AvgIpc) is 2.84. The lowest BCUT2D eigenvalue weighted by Gasteiger charge is -2.35. The second kappa shape index (κ2) is 10.3. The summed E-state index contributed by atoms with van der Waals surface area (Å²) in [7, 11) is 0. The number of carboxylic acid groups (broad SMARTS) is 1. The van der Waals surface area contributed by atoms with Crippen LogP contribution in [0.4, 0.5) is 0 Å². The Balaban J connectivity index is 1.77. The molecule has 0 radical (unpaired) electrons. The van der Waals surface area contributed by atoms with Crippen LogP contribution in [0.5, 0.6) is 17.2 Å². The molecule has 0 amide bonds. The van der Waals surface area contributed by atoms with Crippen molar-refractivity contribution in [3.8, 4) is 17.2 Å². The monoisotopic (exact) mass is 468 g/mol. The summed E-state index contributed by atoms with van der Waals surface area (Å²) in [5.74, 6) is -0.331. The van der Waals surface area contributed by atoms with Crippen molar-refractivity contribution in [2.45, 2.75) is 25.7 Å². The van der Waals surface area contributed by atoms with Gasteiger partial charge in [0.15, 0.2) is 0 Å². The summed E-state index contributed by atoms with van der Waals surface area (Å²) in [6.07, 6.45) is 2.79. The van der Waals surface area contributed by atoms with E-state index in [2.05, 4.69) is 0 Å². The van der Waals surface area contributed by atoms with Crippen molar-refractivity contribution in [2.75, 3.05) is 0 Å².